The van der Waals surface area contributed by atoms with Crippen molar-refractivity contribution in [3.8, 4) is 0 Å². The fourth-order valence-electron chi connectivity index (χ4n) is 4.04. The number of halogens is 3. The molecular weight excluding hydrogens is 459 g/mol. The van der Waals surface area contributed by atoms with Crippen LogP contribution in [0.5, 0.6) is 0 Å². The number of carbonyl (C=O) groups is 3. The first-order valence-corrected chi connectivity index (χ1v) is 10.9. The fraction of sp³-hybridized carbons (Fsp3) is 0.261. The van der Waals surface area contributed by atoms with Gasteiger partial charge in [-0.2, -0.15) is 5.01 Å². The number of hydrazine groups is 1. The van der Waals surface area contributed by atoms with E-state index in [1.54, 1.807) is 42.5 Å². The van der Waals surface area contributed by atoms with Gasteiger partial charge in [-0.15, -0.1) is 0 Å². The van der Waals surface area contributed by atoms with Crippen molar-refractivity contribution < 1.29 is 14.4 Å². The third-order valence-electron chi connectivity index (χ3n) is 5.68. The summed E-state index contributed by atoms with van der Waals surface area (Å²) < 4.78 is 0. The van der Waals surface area contributed by atoms with E-state index in [1.165, 1.54) is 5.01 Å². The first kappa shape index (κ1) is 21.9. The normalized spacial score (nSPS) is 20.5. The number of imide groups is 1. The monoisotopic (exact) mass is 476 g/mol. The van der Waals surface area contributed by atoms with Crippen LogP contribution in [0.25, 0.3) is 0 Å². The van der Waals surface area contributed by atoms with Crippen LogP contribution in [-0.2, 0) is 16.1 Å². The van der Waals surface area contributed by atoms with Crippen LogP contribution >= 0.6 is 34.8 Å². The number of benzene rings is 2. The van der Waals surface area contributed by atoms with Gasteiger partial charge in [0.05, 0.1) is 28.4 Å². The molecular formula is C23H19Cl3N2O3. The molecule has 5 nitrogen and oxygen atoms in total. The molecule has 8 heteroatoms. The minimum absolute atomic E-state index is 0.0122. The zero-order valence-electron chi connectivity index (χ0n) is 16.6. The number of allylic oxidation sites excluding steroid dienone is 2. The summed E-state index contributed by atoms with van der Waals surface area (Å²) >= 11 is 18.1. The summed E-state index contributed by atoms with van der Waals surface area (Å²) in [7, 11) is 0. The molecule has 1 aliphatic carbocycles. The van der Waals surface area contributed by atoms with Gasteiger partial charge in [-0.05, 0) is 61.7 Å². The predicted molar refractivity (Wildman–Crippen MR) is 120 cm³/mol. The highest BCUT2D eigenvalue weighted by atomic mass is 35.5. The molecule has 2 aromatic carbocycles. The van der Waals surface area contributed by atoms with E-state index in [4.69, 9.17) is 34.8 Å². The van der Waals surface area contributed by atoms with Crippen molar-refractivity contribution in [3.63, 3.8) is 0 Å². The average Bonchev–Trinajstić information content (AvgIpc) is 2.98. The Bertz CT molecular complexity index is 1100. The molecule has 0 saturated carbocycles. The maximum Gasteiger partial charge on any atom is 0.273 e. The van der Waals surface area contributed by atoms with E-state index in [1.807, 2.05) is 13.0 Å². The van der Waals surface area contributed by atoms with Crippen LogP contribution in [0.4, 0.5) is 0 Å². The molecule has 1 aliphatic heterocycles. The van der Waals surface area contributed by atoms with Crippen LogP contribution in [-0.4, -0.2) is 27.7 Å². The molecule has 0 N–H and O–H groups in total. The summed E-state index contributed by atoms with van der Waals surface area (Å²) in [5, 5.41) is 3.39. The molecule has 4 rings (SSSR count). The Labute approximate surface area is 195 Å². The van der Waals surface area contributed by atoms with Crippen molar-refractivity contribution in [2.75, 3.05) is 0 Å². The SMILES string of the molecule is CC1=CC[C@H]2C(=O)N(N(Cc3ccc(Cl)c(Cl)c3)C(=O)c3ccc(Cl)cc3)C(=O)[C@@H]2C1. The van der Waals surface area contributed by atoms with Crippen molar-refractivity contribution in [3.05, 3.63) is 80.3 Å². The van der Waals surface area contributed by atoms with Crippen LogP contribution in [0.3, 0.4) is 0 Å². The van der Waals surface area contributed by atoms with Gasteiger partial charge in [-0.1, -0.05) is 52.5 Å². The summed E-state index contributed by atoms with van der Waals surface area (Å²) in [6.45, 7) is 1.94. The van der Waals surface area contributed by atoms with Gasteiger partial charge in [0.25, 0.3) is 17.7 Å². The van der Waals surface area contributed by atoms with E-state index in [0.717, 1.165) is 10.6 Å². The van der Waals surface area contributed by atoms with Gasteiger partial charge in [0.15, 0.2) is 0 Å². The Hall–Kier alpha value is -2.34. The third kappa shape index (κ3) is 4.22. The maximum atomic E-state index is 13.4. The number of carbonyl (C=O) groups excluding carboxylic acids is 3. The predicted octanol–water partition coefficient (Wildman–Crippen LogP) is 5.55. The highest BCUT2D eigenvalue weighted by Gasteiger charge is 2.51. The van der Waals surface area contributed by atoms with Gasteiger partial charge in [0.2, 0.25) is 0 Å². The first-order chi connectivity index (χ1) is 14.8. The third-order valence-corrected chi connectivity index (χ3v) is 6.67. The largest absolute Gasteiger partial charge is 0.273 e. The Kier molecular flexibility index (Phi) is 6.11. The molecule has 1 fully saturated rings. The summed E-state index contributed by atoms with van der Waals surface area (Å²) in [5.74, 6) is -2.10. The molecule has 0 spiro atoms. The van der Waals surface area contributed by atoms with E-state index >= 15 is 0 Å². The molecule has 1 heterocycles. The number of hydrogen-bond acceptors (Lipinski definition) is 3. The molecule has 0 aromatic heterocycles. The Morgan fingerprint density at radius 3 is 2.35 bits per heavy atom. The zero-order valence-corrected chi connectivity index (χ0v) is 18.9. The number of amides is 3. The van der Waals surface area contributed by atoms with E-state index in [2.05, 4.69) is 0 Å². The lowest BCUT2D eigenvalue weighted by molar-refractivity contribution is -0.155. The van der Waals surface area contributed by atoms with Crippen LogP contribution in [0.15, 0.2) is 54.1 Å². The molecule has 0 radical (unpaired) electrons. The van der Waals surface area contributed by atoms with Crippen molar-refractivity contribution in [1.82, 2.24) is 10.0 Å². The Balaban J connectivity index is 1.72. The van der Waals surface area contributed by atoms with Gasteiger partial charge in [0, 0.05) is 10.6 Å². The number of rotatable bonds is 4. The first-order valence-electron chi connectivity index (χ1n) is 9.81. The highest BCUT2D eigenvalue weighted by Crippen LogP contribution is 2.39. The topological polar surface area (TPSA) is 57.7 Å². The van der Waals surface area contributed by atoms with Gasteiger partial charge in [-0.25, -0.2) is 5.01 Å². The fourth-order valence-corrected chi connectivity index (χ4v) is 4.49. The van der Waals surface area contributed by atoms with Crippen molar-refractivity contribution in [2.24, 2.45) is 11.8 Å². The molecule has 31 heavy (non-hydrogen) atoms. The zero-order chi connectivity index (χ0) is 22.3. The Morgan fingerprint density at radius 2 is 1.68 bits per heavy atom. The highest BCUT2D eigenvalue weighted by molar-refractivity contribution is 6.42. The molecule has 160 valence electrons. The van der Waals surface area contributed by atoms with Gasteiger partial charge < -0.3 is 0 Å². The van der Waals surface area contributed by atoms with E-state index in [9.17, 15) is 14.4 Å². The molecule has 2 atom stereocenters. The second-order valence-corrected chi connectivity index (χ2v) is 9.06. The van der Waals surface area contributed by atoms with E-state index in [-0.39, 0.29) is 18.4 Å². The van der Waals surface area contributed by atoms with Crippen LogP contribution < -0.4 is 0 Å². The number of fused-ring (bicyclic) bond motifs is 1. The maximum absolute atomic E-state index is 13.4. The van der Waals surface area contributed by atoms with Crippen LogP contribution in [0.2, 0.25) is 15.1 Å². The quantitative estimate of drug-likeness (QED) is 0.429. The van der Waals surface area contributed by atoms with Gasteiger partial charge in [0.1, 0.15) is 0 Å². The second-order valence-electron chi connectivity index (χ2n) is 7.81. The lowest BCUT2D eigenvalue weighted by atomic mass is 9.82. The van der Waals surface area contributed by atoms with E-state index < -0.39 is 17.7 Å². The molecule has 2 aliphatic rings. The smallest absolute Gasteiger partial charge is 0.272 e. The average molecular weight is 478 g/mol. The van der Waals surface area contributed by atoms with Gasteiger partial charge >= 0.3 is 0 Å². The van der Waals surface area contributed by atoms with Gasteiger partial charge in [-0.3, -0.25) is 14.4 Å². The van der Waals surface area contributed by atoms with E-state index in [0.29, 0.717) is 39.0 Å². The number of hydrogen-bond donors (Lipinski definition) is 0. The summed E-state index contributed by atoms with van der Waals surface area (Å²) in [4.78, 5) is 39.9. The molecule has 3 amide bonds. The molecule has 2 aromatic rings. The molecule has 0 unspecified atom stereocenters. The summed E-state index contributed by atoms with van der Waals surface area (Å²) in [6, 6.07) is 11.3. The van der Waals surface area contributed by atoms with Crippen molar-refractivity contribution in [2.45, 2.75) is 26.3 Å². The summed E-state index contributed by atoms with van der Waals surface area (Å²) in [6.07, 6.45) is 3.00. The molecule has 0 bridgehead atoms. The van der Waals surface area contributed by atoms with Crippen LogP contribution in [0.1, 0.15) is 35.7 Å². The second kappa shape index (κ2) is 8.65. The summed E-state index contributed by atoms with van der Waals surface area (Å²) in [5.41, 5.74) is 2.03. The minimum Gasteiger partial charge on any atom is -0.272 e. The lowest BCUT2D eigenvalue weighted by Crippen LogP contribution is -2.49. The molecule has 1 saturated heterocycles. The van der Waals surface area contributed by atoms with Crippen LogP contribution in [0, 0.1) is 11.8 Å². The lowest BCUT2D eigenvalue weighted by Gasteiger charge is -2.30. The minimum atomic E-state index is -0.479. The van der Waals surface area contributed by atoms with Crippen molar-refractivity contribution in [1.29, 1.82) is 0 Å². The standard InChI is InChI=1S/C23H19Cl3N2O3/c1-13-2-8-17-18(10-13)23(31)28(22(17)30)27(12-14-3-9-19(25)20(26)11-14)21(29)15-4-6-16(24)7-5-15/h2-7,9,11,17-18H,8,10,12H2,1H3/t17-,18-/m1/s1. The van der Waals surface area contributed by atoms with Crippen molar-refractivity contribution >= 4 is 52.5 Å². The Morgan fingerprint density at radius 1 is 1.00 bits per heavy atom. The number of nitrogens with zero attached hydrogens (tertiary/aromatic N) is 2.